The maximum atomic E-state index is 12.1. The van der Waals surface area contributed by atoms with Crippen molar-refractivity contribution in [3.63, 3.8) is 0 Å². The minimum Gasteiger partial charge on any atom is -0.380 e. The molecule has 1 heterocycles. The number of hydrogen-bond acceptors (Lipinski definition) is 3. The third-order valence-corrected chi connectivity index (χ3v) is 3.88. The number of rotatable bonds is 5. The van der Waals surface area contributed by atoms with Crippen LogP contribution in [0.5, 0.6) is 0 Å². The number of likely N-dealkylation sites (N-methyl/N-ethyl adjacent to an activating group) is 1. The highest BCUT2D eigenvalue weighted by Crippen LogP contribution is 2.06. The molecule has 0 unspecified atom stereocenters. The molecule has 0 bridgehead atoms. The molecule has 0 spiro atoms. The second-order valence-corrected chi connectivity index (χ2v) is 5.33. The fourth-order valence-electron chi connectivity index (χ4n) is 2.48. The van der Waals surface area contributed by atoms with Crippen LogP contribution in [0.3, 0.4) is 0 Å². The molecule has 5 nitrogen and oxygen atoms in total. The Balaban J connectivity index is 1.76. The first-order valence-corrected chi connectivity index (χ1v) is 7.54. The minimum absolute atomic E-state index is 0.0340. The lowest BCUT2D eigenvalue weighted by molar-refractivity contribution is 0.142. The van der Waals surface area contributed by atoms with Crippen LogP contribution < -0.4 is 5.32 Å². The van der Waals surface area contributed by atoms with Crippen LogP contribution >= 0.6 is 0 Å². The van der Waals surface area contributed by atoms with Gasteiger partial charge >= 0.3 is 6.03 Å². The van der Waals surface area contributed by atoms with Crippen LogP contribution in [0.4, 0.5) is 4.79 Å². The highest BCUT2D eigenvalue weighted by molar-refractivity contribution is 5.74. The first-order valence-electron chi connectivity index (χ1n) is 7.54. The monoisotopic (exact) mass is 291 g/mol. The number of hydrogen-bond donors (Lipinski definition) is 1. The van der Waals surface area contributed by atoms with Gasteiger partial charge < -0.3 is 19.9 Å². The number of nitrogens with one attached hydrogen (secondary N) is 1. The van der Waals surface area contributed by atoms with E-state index in [1.165, 1.54) is 0 Å². The third kappa shape index (κ3) is 4.72. The number of benzene rings is 1. The molecule has 2 rings (SSSR count). The van der Waals surface area contributed by atoms with Crippen molar-refractivity contribution in [1.29, 1.82) is 0 Å². The van der Waals surface area contributed by atoms with Crippen LogP contribution in [0.25, 0.3) is 0 Å². The smallest absolute Gasteiger partial charge is 0.317 e. The quantitative estimate of drug-likeness (QED) is 0.898. The minimum atomic E-state index is 0.0340. The van der Waals surface area contributed by atoms with Crippen molar-refractivity contribution in [2.75, 3.05) is 39.8 Å². The molecule has 0 saturated carbocycles. The highest BCUT2D eigenvalue weighted by Gasteiger charge is 2.19. The Bertz CT molecular complexity index is 439. The third-order valence-electron chi connectivity index (χ3n) is 3.88. The van der Waals surface area contributed by atoms with Gasteiger partial charge in [0.05, 0.1) is 6.61 Å². The molecule has 0 radical (unpaired) electrons. The molecule has 0 aliphatic carbocycles. The lowest BCUT2D eigenvalue weighted by Gasteiger charge is -2.34. The number of carbonyl (C=O) groups is 1. The van der Waals surface area contributed by atoms with Gasteiger partial charge in [-0.15, -0.1) is 0 Å². The van der Waals surface area contributed by atoms with Crippen molar-refractivity contribution >= 4 is 6.03 Å². The van der Waals surface area contributed by atoms with Gasteiger partial charge in [-0.05, 0) is 17.7 Å². The van der Waals surface area contributed by atoms with Gasteiger partial charge in [0, 0.05) is 39.8 Å². The summed E-state index contributed by atoms with van der Waals surface area (Å²) in [5.41, 5.74) is 2.25. The zero-order valence-electron chi connectivity index (χ0n) is 13.0. The molecule has 0 aromatic heterocycles. The Morgan fingerprint density at radius 2 is 1.76 bits per heavy atom. The second-order valence-electron chi connectivity index (χ2n) is 5.33. The molecule has 1 aliphatic heterocycles. The molecule has 1 N–H and O–H groups in total. The summed E-state index contributed by atoms with van der Waals surface area (Å²) >= 11 is 0. The van der Waals surface area contributed by atoms with E-state index in [2.05, 4.69) is 17.1 Å². The molecule has 116 valence electrons. The van der Waals surface area contributed by atoms with Crippen LogP contribution in [-0.4, -0.2) is 55.7 Å². The van der Waals surface area contributed by atoms with Crippen LogP contribution in [0.15, 0.2) is 24.3 Å². The van der Waals surface area contributed by atoms with E-state index in [9.17, 15) is 4.79 Å². The van der Waals surface area contributed by atoms with Crippen LogP contribution in [-0.2, 0) is 17.9 Å². The summed E-state index contributed by atoms with van der Waals surface area (Å²) in [5.74, 6) is 0. The second kappa shape index (κ2) is 8.00. The van der Waals surface area contributed by atoms with Gasteiger partial charge in [-0.3, -0.25) is 0 Å². The Labute approximate surface area is 126 Å². The standard InChI is InChI=1S/C16H25N3O2/c1-3-18-8-10-19(11-9-18)16(20)17-12-14-4-6-15(7-5-14)13-21-2/h4-7H,3,8-13H2,1-2H3,(H,17,20). The van der Waals surface area contributed by atoms with Crippen molar-refractivity contribution in [1.82, 2.24) is 15.1 Å². The average Bonchev–Trinajstić information content (AvgIpc) is 2.54. The van der Waals surface area contributed by atoms with Crippen LogP contribution in [0.1, 0.15) is 18.1 Å². The van der Waals surface area contributed by atoms with Gasteiger partial charge in [0.25, 0.3) is 0 Å². The normalized spacial score (nSPS) is 16.0. The van der Waals surface area contributed by atoms with E-state index in [-0.39, 0.29) is 6.03 Å². The van der Waals surface area contributed by atoms with Gasteiger partial charge in [-0.2, -0.15) is 0 Å². The van der Waals surface area contributed by atoms with E-state index in [4.69, 9.17) is 4.74 Å². The van der Waals surface area contributed by atoms with E-state index >= 15 is 0 Å². The highest BCUT2D eigenvalue weighted by atomic mass is 16.5. The molecule has 21 heavy (non-hydrogen) atoms. The SMILES string of the molecule is CCN1CCN(C(=O)NCc2ccc(COC)cc2)CC1. The van der Waals surface area contributed by atoms with Crippen molar-refractivity contribution in [2.45, 2.75) is 20.1 Å². The van der Waals surface area contributed by atoms with Crippen molar-refractivity contribution in [3.05, 3.63) is 35.4 Å². The molecule has 0 atom stereocenters. The fourth-order valence-corrected chi connectivity index (χ4v) is 2.48. The topological polar surface area (TPSA) is 44.8 Å². The maximum absolute atomic E-state index is 12.1. The molecule has 1 fully saturated rings. The van der Waals surface area contributed by atoms with E-state index in [0.29, 0.717) is 13.2 Å². The average molecular weight is 291 g/mol. The Morgan fingerprint density at radius 1 is 1.14 bits per heavy atom. The van der Waals surface area contributed by atoms with Crippen LogP contribution in [0.2, 0.25) is 0 Å². The number of urea groups is 1. The predicted octanol–water partition coefficient (Wildman–Crippen LogP) is 1.68. The fraction of sp³-hybridized carbons (Fsp3) is 0.562. The van der Waals surface area contributed by atoms with E-state index in [1.807, 2.05) is 29.2 Å². The summed E-state index contributed by atoms with van der Waals surface area (Å²) in [6, 6.07) is 8.16. The number of ether oxygens (including phenoxy) is 1. The number of amides is 2. The largest absolute Gasteiger partial charge is 0.380 e. The summed E-state index contributed by atoms with van der Waals surface area (Å²) in [6.07, 6.45) is 0. The Kier molecular flexibility index (Phi) is 6.02. The molecule has 1 saturated heterocycles. The summed E-state index contributed by atoms with van der Waals surface area (Å²) in [4.78, 5) is 16.4. The molecule has 1 aliphatic rings. The first-order chi connectivity index (χ1) is 10.2. The molecular formula is C16H25N3O2. The molecule has 1 aromatic rings. The van der Waals surface area contributed by atoms with Gasteiger partial charge in [0.2, 0.25) is 0 Å². The first kappa shape index (κ1) is 15.8. The van der Waals surface area contributed by atoms with Gasteiger partial charge in [0.15, 0.2) is 0 Å². The van der Waals surface area contributed by atoms with Crippen LogP contribution in [0, 0.1) is 0 Å². The number of piperazine rings is 1. The zero-order valence-corrected chi connectivity index (χ0v) is 13.0. The van der Waals surface area contributed by atoms with Gasteiger partial charge in [-0.1, -0.05) is 31.2 Å². The number of nitrogens with zero attached hydrogens (tertiary/aromatic N) is 2. The maximum Gasteiger partial charge on any atom is 0.317 e. The molecule has 5 heteroatoms. The molecule has 2 amide bonds. The summed E-state index contributed by atoms with van der Waals surface area (Å²) < 4.78 is 5.08. The van der Waals surface area contributed by atoms with E-state index in [1.54, 1.807) is 7.11 Å². The van der Waals surface area contributed by atoms with Crippen molar-refractivity contribution in [2.24, 2.45) is 0 Å². The van der Waals surface area contributed by atoms with E-state index < -0.39 is 0 Å². The lowest BCUT2D eigenvalue weighted by Crippen LogP contribution is -2.51. The zero-order chi connectivity index (χ0) is 15.1. The van der Waals surface area contributed by atoms with E-state index in [0.717, 1.165) is 43.9 Å². The lowest BCUT2D eigenvalue weighted by atomic mass is 10.1. The summed E-state index contributed by atoms with van der Waals surface area (Å²) in [5, 5.41) is 2.99. The van der Waals surface area contributed by atoms with Gasteiger partial charge in [-0.25, -0.2) is 4.79 Å². The summed E-state index contributed by atoms with van der Waals surface area (Å²) in [6.45, 7) is 7.96. The Morgan fingerprint density at radius 3 is 2.33 bits per heavy atom. The number of methoxy groups -OCH3 is 1. The van der Waals surface area contributed by atoms with Gasteiger partial charge in [0.1, 0.15) is 0 Å². The predicted molar refractivity (Wildman–Crippen MR) is 83.1 cm³/mol. The molecular weight excluding hydrogens is 266 g/mol. The van der Waals surface area contributed by atoms with Crippen molar-refractivity contribution < 1.29 is 9.53 Å². The summed E-state index contributed by atoms with van der Waals surface area (Å²) in [7, 11) is 1.69. The Hall–Kier alpha value is -1.59. The molecule has 1 aromatic carbocycles. The van der Waals surface area contributed by atoms with Crippen molar-refractivity contribution in [3.8, 4) is 0 Å². The number of carbonyl (C=O) groups excluding carboxylic acids is 1.